The summed E-state index contributed by atoms with van der Waals surface area (Å²) >= 11 is 0. The van der Waals surface area contributed by atoms with E-state index in [4.69, 9.17) is 4.74 Å². The molecule has 1 aliphatic heterocycles. The van der Waals surface area contributed by atoms with E-state index < -0.39 is 16.1 Å². The Kier molecular flexibility index (Phi) is 8.00. The Morgan fingerprint density at radius 2 is 1.75 bits per heavy atom. The number of likely N-dealkylation sites (tertiary alicyclic amines) is 1. The van der Waals surface area contributed by atoms with E-state index in [-0.39, 0.29) is 34.5 Å². The van der Waals surface area contributed by atoms with Gasteiger partial charge in [-0.3, -0.25) is 4.79 Å². The molecule has 10 heteroatoms. The fraction of sp³-hybridized carbons (Fsp3) is 0.636. The van der Waals surface area contributed by atoms with Crippen LogP contribution in [-0.4, -0.2) is 57.5 Å². The van der Waals surface area contributed by atoms with Crippen molar-refractivity contribution in [2.45, 2.75) is 69.4 Å². The Hall–Kier alpha value is -2.33. The number of ether oxygens (including phenoxy) is 1. The Balaban J connectivity index is 1.58. The summed E-state index contributed by atoms with van der Waals surface area (Å²) < 4.78 is 32.9. The van der Waals surface area contributed by atoms with Gasteiger partial charge in [-0.25, -0.2) is 17.9 Å². The monoisotopic (exact) mass is 466 g/mol. The van der Waals surface area contributed by atoms with E-state index in [1.165, 1.54) is 25.3 Å². The molecule has 0 radical (unpaired) electrons. The van der Waals surface area contributed by atoms with Gasteiger partial charge in [-0.2, -0.15) is 0 Å². The predicted molar refractivity (Wildman–Crippen MR) is 122 cm³/mol. The second-order valence-corrected chi connectivity index (χ2v) is 10.2. The standard InChI is InChI=1S/C22H34N4O5S/c1-4-15(5-2)21(27)26-12-10-16(11-13-26)23-22(28)24-19-14-18(8-9-20(19)31-3)32(29,30)25-17-6-7-17/h8-9,14-17,25H,4-7,10-13H2,1-3H3,(H2,23,24,28). The van der Waals surface area contributed by atoms with Crippen molar-refractivity contribution in [2.24, 2.45) is 5.92 Å². The Morgan fingerprint density at radius 1 is 1.09 bits per heavy atom. The highest BCUT2D eigenvalue weighted by Gasteiger charge is 2.29. The minimum absolute atomic E-state index is 0.00973. The molecule has 2 aliphatic rings. The average molecular weight is 467 g/mol. The lowest BCUT2D eigenvalue weighted by Crippen LogP contribution is -2.48. The van der Waals surface area contributed by atoms with Crippen molar-refractivity contribution in [1.29, 1.82) is 0 Å². The lowest BCUT2D eigenvalue weighted by molar-refractivity contribution is -0.136. The molecule has 0 aromatic heterocycles. The fourth-order valence-corrected chi connectivity index (χ4v) is 5.26. The number of amides is 3. The topological polar surface area (TPSA) is 117 Å². The number of piperidine rings is 1. The van der Waals surface area contributed by atoms with E-state index in [9.17, 15) is 18.0 Å². The second-order valence-electron chi connectivity index (χ2n) is 8.47. The molecular weight excluding hydrogens is 432 g/mol. The number of sulfonamides is 1. The zero-order chi connectivity index (χ0) is 23.3. The van der Waals surface area contributed by atoms with Crippen LogP contribution < -0.4 is 20.1 Å². The largest absolute Gasteiger partial charge is 0.495 e. The first-order valence-corrected chi connectivity index (χ1v) is 12.8. The van der Waals surface area contributed by atoms with Crippen LogP contribution in [0.4, 0.5) is 10.5 Å². The number of benzene rings is 1. The minimum Gasteiger partial charge on any atom is -0.495 e. The molecule has 1 aliphatic carbocycles. The van der Waals surface area contributed by atoms with Gasteiger partial charge < -0.3 is 20.3 Å². The number of hydrogen-bond acceptors (Lipinski definition) is 5. The van der Waals surface area contributed by atoms with E-state index in [1.54, 1.807) is 0 Å². The molecule has 9 nitrogen and oxygen atoms in total. The number of carbonyl (C=O) groups is 2. The maximum atomic E-state index is 12.6. The molecule has 0 unspecified atom stereocenters. The smallest absolute Gasteiger partial charge is 0.319 e. The Labute approximate surface area is 190 Å². The van der Waals surface area contributed by atoms with Crippen LogP contribution in [-0.2, 0) is 14.8 Å². The van der Waals surface area contributed by atoms with Crippen LogP contribution >= 0.6 is 0 Å². The first-order valence-electron chi connectivity index (χ1n) is 11.3. The van der Waals surface area contributed by atoms with E-state index in [1.807, 2.05) is 18.7 Å². The molecule has 3 amide bonds. The van der Waals surface area contributed by atoms with Crippen molar-refractivity contribution < 1.29 is 22.7 Å². The van der Waals surface area contributed by atoms with Gasteiger partial charge in [0.05, 0.1) is 17.7 Å². The van der Waals surface area contributed by atoms with Gasteiger partial charge in [0.2, 0.25) is 15.9 Å². The first kappa shape index (κ1) is 24.3. The summed E-state index contributed by atoms with van der Waals surface area (Å²) in [5.74, 6) is 0.629. The number of hydrogen-bond donors (Lipinski definition) is 3. The van der Waals surface area contributed by atoms with Crippen LogP contribution in [0.5, 0.6) is 5.75 Å². The van der Waals surface area contributed by atoms with E-state index in [0.717, 1.165) is 25.7 Å². The molecule has 1 saturated heterocycles. The van der Waals surface area contributed by atoms with Gasteiger partial charge in [-0.1, -0.05) is 13.8 Å². The highest BCUT2D eigenvalue weighted by molar-refractivity contribution is 7.89. The summed E-state index contributed by atoms with van der Waals surface area (Å²) in [7, 11) is -2.19. The van der Waals surface area contributed by atoms with Crippen LogP contribution in [0.15, 0.2) is 23.1 Å². The number of nitrogens with one attached hydrogen (secondary N) is 3. The summed E-state index contributed by atoms with van der Waals surface area (Å²) in [6.07, 6.45) is 4.70. The highest BCUT2D eigenvalue weighted by atomic mass is 32.2. The van der Waals surface area contributed by atoms with Crippen LogP contribution in [0.1, 0.15) is 52.4 Å². The number of urea groups is 1. The minimum atomic E-state index is -3.65. The molecule has 1 aromatic rings. The molecular formula is C22H34N4O5S. The number of carbonyl (C=O) groups excluding carboxylic acids is 2. The van der Waals surface area contributed by atoms with Crippen LogP contribution in [0, 0.1) is 5.92 Å². The van der Waals surface area contributed by atoms with Gasteiger partial charge in [0.15, 0.2) is 0 Å². The molecule has 178 valence electrons. The van der Waals surface area contributed by atoms with Crippen LogP contribution in [0.2, 0.25) is 0 Å². The lowest BCUT2D eigenvalue weighted by Gasteiger charge is -2.34. The van der Waals surface area contributed by atoms with Crippen LogP contribution in [0.3, 0.4) is 0 Å². The zero-order valence-electron chi connectivity index (χ0n) is 19.0. The lowest BCUT2D eigenvalue weighted by atomic mass is 9.98. The molecule has 2 fully saturated rings. The van der Waals surface area contributed by atoms with Crippen molar-refractivity contribution in [1.82, 2.24) is 14.9 Å². The van der Waals surface area contributed by atoms with Crippen molar-refractivity contribution in [3.05, 3.63) is 18.2 Å². The Bertz CT molecular complexity index is 920. The number of methoxy groups -OCH3 is 1. The molecule has 1 saturated carbocycles. The average Bonchev–Trinajstić information content (AvgIpc) is 3.58. The van der Waals surface area contributed by atoms with Crippen molar-refractivity contribution in [2.75, 3.05) is 25.5 Å². The molecule has 0 atom stereocenters. The summed E-state index contributed by atoms with van der Waals surface area (Å²) in [4.78, 5) is 27.1. The molecule has 0 spiro atoms. The molecule has 1 aromatic carbocycles. The highest BCUT2D eigenvalue weighted by Crippen LogP contribution is 2.29. The van der Waals surface area contributed by atoms with Crippen molar-refractivity contribution >= 4 is 27.6 Å². The van der Waals surface area contributed by atoms with Gasteiger partial charge in [-0.15, -0.1) is 0 Å². The van der Waals surface area contributed by atoms with Crippen molar-refractivity contribution in [3.63, 3.8) is 0 Å². The predicted octanol–water partition coefficient (Wildman–Crippen LogP) is 2.68. The van der Waals surface area contributed by atoms with Gasteiger partial charge in [0.1, 0.15) is 5.75 Å². The number of anilines is 1. The fourth-order valence-electron chi connectivity index (χ4n) is 3.92. The molecule has 0 bridgehead atoms. The van der Waals surface area contributed by atoms with E-state index in [0.29, 0.717) is 31.7 Å². The van der Waals surface area contributed by atoms with Gasteiger partial charge >= 0.3 is 6.03 Å². The quantitative estimate of drug-likeness (QED) is 0.517. The summed E-state index contributed by atoms with van der Waals surface area (Å²) in [5, 5.41) is 5.64. The number of rotatable bonds is 9. The maximum absolute atomic E-state index is 12.6. The second kappa shape index (κ2) is 10.5. The Morgan fingerprint density at radius 3 is 2.31 bits per heavy atom. The molecule has 3 rings (SSSR count). The summed E-state index contributed by atoms with van der Waals surface area (Å²) in [6.45, 7) is 5.29. The third-order valence-corrected chi connectivity index (χ3v) is 7.62. The summed E-state index contributed by atoms with van der Waals surface area (Å²) in [6, 6.07) is 3.88. The zero-order valence-corrected chi connectivity index (χ0v) is 19.8. The van der Waals surface area contributed by atoms with Crippen LogP contribution in [0.25, 0.3) is 0 Å². The van der Waals surface area contributed by atoms with Gasteiger partial charge in [0, 0.05) is 31.1 Å². The molecule has 1 heterocycles. The summed E-state index contributed by atoms with van der Waals surface area (Å²) in [5.41, 5.74) is 0.282. The normalized spacial score (nSPS) is 17.3. The van der Waals surface area contributed by atoms with Gasteiger partial charge in [-0.05, 0) is 56.7 Å². The molecule has 32 heavy (non-hydrogen) atoms. The van der Waals surface area contributed by atoms with E-state index >= 15 is 0 Å². The first-order chi connectivity index (χ1) is 15.3. The maximum Gasteiger partial charge on any atom is 0.319 e. The molecule has 3 N–H and O–H groups in total. The third-order valence-electron chi connectivity index (χ3n) is 6.11. The SMILES string of the molecule is CCC(CC)C(=O)N1CCC(NC(=O)Nc2cc(S(=O)(=O)NC3CC3)ccc2OC)CC1. The third kappa shape index (κ3) is 6.13. The van der Waals surface area contributed by atoms with E-state index in [2.05, 4.69) is 15.4 Å². The van der Waals surface area contributed by atoms with Gasteiger partial charge in [0.25, 0.3) is 0 Å². The number of nitrogens with zero attached hydrogens (tertiary/aromatic N) is 1. The van der Waals surface area contributed by atoms with Crippen molar-refractivity contribution in [3.8, 4) is 5.75 Å².